The lowest BCUT2D eigenvalue weighted by Gasteiger charge is -2.29. The number of nitrogens with zero attached hydrogens (tertiary/aromatic N) is 3. The minimum Gasteiger partial charge on any atom is -0.338 e. The Hall–Kier alpha value is -0.940. The summed E-state index contributed by atoms with van der Waals surface area (Å²) in [6.45, 7) is 3.14. The van der Waals surface area contributed by atoms with Gasteiger partial charge in [0.25, 0.3) is 0 Å². The van der Waals surface area contributed by atoms with Gasteiger partial charge in [-0.25, -0.2) is 0 Å². The zero-order valence-corrected chi connectivity index (χ0v) is 12.1. The molecule has 1 N–H and O–H groups in total. The van der Waals surface area contributed by atoms with Crippen LogP contribution in [0.1, 0.15) is 62.6 Å². The Morgan fingerprint density at radius 3 is 2.75 bits per heavy atom. The lowest BCUT2D eigenvalue weighted by atomic mass is 10.0. The summed E-state index contributed by atoms with van der Waals surface area (Å²) in [5.74, 6) is 2.34. The highest BCUT2D eigenvalue weighted by Crippen LogP contribution is 2.38. The van der Waals surface area contributed by atoms with Gasteiger partial charge in [0.1, 0.15) is 0 Å². The maximum Gasteiger partial charge on any atom is 0.240 e. The van der Waals surface area contributed by atoms with Crippen molar-refractivity contribution < 1.29 is 4.52 Å². The van der Waals surface area contributed by atoms with Gasteiger partial charge >= 0.3 is 0 Å². The van der Waals surface area contributed by atoms with Crippen LogP contribution >= 0.6 is 0 Å². The monoisotopic (exact) mass is 276 g/mol. The Bertz CT molecular complexity index is 446. The molecule has 0 amide bonds. The molecule has 0 aromatic carbocycles. The molecule has 5 nitrogen and oxygen atoms in total. The van der Waals surface area contributed by atoms with Crippen LogP contribution in [0.25, 0.3) is 0 Å². The SMILES string of the molecule is C1CCC(CN(Cc2nc(C3CC3)no2)C2CC2)NC1. The van der Waals surface area contributed by atoms with Crippen molar-refractivity contribution in [2.75, 3.05) is 13.1 Å². The summed E-state index contributed by atoms with van der Waals surface area (Å²) in [5.41, 5.74) is 0. The average Bonchev–Trinajstić information content (AvgIpc) is 3.39. The third kappa shape index (κ3) is 3.04. The lowest BCUT2D eigenvalue weighted by Crippen LogP contribution is -2.44. The number of piperidine rings is 1. The maximum atomic E-state index is 5.44. The number of aromatic nitrogens is 2. The molecular weight excluding hydrogens is 252 g/mol. The van der Waals surface area contributed by atoms with Crippen LogP contribution in [0.3, 0.4) is 0 Å². The van der Waals surface area contributed by atoms with Gasteiger partial charge in [-0.3, -0.25) is 4.90 Å². The van der Waals surface area contributed by atoms with E-state index < -0.39 is 0 Å². The van der Waals surface area contributed by atoms with E-state index in [0.717, 1.165) is 30.8 Å². The minimum atomic E-state index is 0.585. The smallest absolute Gasteiger partial charge is 0.240 e. The molecule has 2 saturated carbocycles. The van der Waals surface area contributed by atoms with Crippen LogP contribution in [0.5, 0.6) is 0 Å². The van der Waals surface area contributed by atoms with Gasteiger partial charge in [-0.05, 0) is 45.1 Å². The normalized spacial score (nSPS) is 27.1. The van der Waals surface area contributed by atoms with E-state index in [4.69, 9.17) is 4.52 Å². The molecule has 1 aromatic rings. The van der Waals surface area contributed by atoms with Crippen molar-refractivity contribution in [3.05, 3.63) is 11.7 Å². The molecule has 3 fully saturated rings. The van der Waals surface area contributed by atoms with Crippen molar-refractivity contribution >= 4 is 0 Å². The number of nitrogens with one attached hydrogen (secondary N) is 1. The average molecular weight is 276 g/mol. The highest BCUT2D eigenvalue weighted by molar-refractivity contribution is 5.03. The van der Waals surface area contributed by atoms with E-state index in [-0.39, 0.29) is 0 Å². The third-order valence-electron chi connectivity index (χ3n) is 4.70. The van der Waals surface area contributed by atoms with Crippen molar-refractivity contribution in [2.45, 2.75) is 69.5 Å². The second kappa shape index (κ2) is 5.45. The van der Waals surface area contributed by atoms with Crippen LogP contribution in [0, 0.1) is 0 Å². The van der Waals surface area contributed by atoms with E-state index in [9.17, 15) is 0 Å². The molecule has 110 valence electrons. The van der Waals surface area contributed by atoms with Crippen molar-refractivity contribution in [3.8, 4) is 0 Å². The van der Waals surface area contributed by atoms with Crippen molar-refractivity contribution in [2.24, 2.45) is 0 Å². The number of rotatable bonds is 6. The molecule has 1 atom stereocenters. The molecule has 0 bridgehead atoms. The fourth-order valence-electron chi connectivity index (χ4n) is 3.16. The van der Waals surface area contributed by atoms with Crippen LogP contribution in [0.4, 0.5) is 0 Å². The van der Waals surface area contributed by atoms with E-state index in [1.54, 1.807) is 0 Å². The van der Waals surface area contributed by atoms with Gasteiger partial charge in [-0.1, -0.05) is 11.6 Å². The highest BCUT2D eigenvalue weighted by atomic mass is 16.5. The highest BCUT2D eigenvalue weighted by Gasteiger charge is 2.33. The molecule has 20 heavy (non-hydrogen) atoms. The summed E-state index contributed by atoms with van der Waals surface area (Å²) in [5, 5.41) is 7.77. The summed E-state index contributed by atoms with van der Waals surface area (Å²) in [7, 11) is 0. The fourth-order valence-corrected chi connectivity index (χ4v) is 3.16. The van der Waals surface area contributed by atoms with Gasteiger partial charge < -0.3 is 9.84 Å². The van der Waals surface area contributed by atoms with Crippen molar-refractivity contribution in [3.63, 3.8) is 0 Å². The molecule has 2 heterocycles. The zero-order valence-electron chi connectivity index (χ0n) is 12.1. The van der Waals surface area contributed by atoms with Gasteiger partial charge in [-0.15, -0.1) is 0 Å². The predicted molar refractivity (Wildman–Crippen MR) is 75.3 cm³/mol. The molecule has 1 unspecified atom stereocenters. The Morgan fingerprint density at radius 2 is 2.05 bits per heavy atom. The van der Waals surface area contributed by atoms with Crippen LogP contribution in [0.15, 0.2) is 4.52 Å². The zero-order chi connectivity index (χ0) is 13.4. The first-order valence-corrected chi connectivity index (χ1v) is 8.18. The van der Waals surface area contributed by atoms with E-state index in [2.05, 4.69) is 20.4 Å². The first kappa shape index (κ1) is 12.8. The van der Waals surface area contributed by atoms with Crippen LogP contribution in [0.2, 0.25) is 0 Å². The van der Waals surface area contributed by atoms with Crippen molar-refractivity contribution in [1.29, 1.82) is 0 Å². The topological polar surface area (TPSA) is 54.2 Å². The lowest BCUT2D eigenvalue weighted by molar-refractivity contribution is 0.184. The van der Waals surface area contributed by atoms with E-state index in [1.165, 1.54) is 51.5 Å². The molecule has 5 heteroatoms. The van der Waals surface area contributed by atoms with Crippen molar-refractivity contribution in [1.82, 2.24) is 20.4 Å². The van der Waals surface area contributed by atoms with Gasteiger partial charge in [0.2, 0.25) is 5.89 Å². The Morgan fingerprint density at radius 1 is 1.15 bits per heavy atom. The van der Waals surface area contributed by atoms with E-state index >= 15 is 0 Å². The predicted octanol–water partition coefficient (Wildman–Crippen LogP) is 2.05. The molecule has 1 saturated heterocycles. The Kier molecular flexibility index (Phi) is 3.48. The van der Waals surface area contributed by atoms with E-state index in [0.29, 0.717) is 12.0 Å². The first-order chi connectivity index (χ1) is 9.88. The largest absolute Gasteiger partial charge is 0.338 e. The van der Waals surface area contributed by atoms with Gasteiger partial charge in [-0.2, -0.15) is 4.98 Å². The molecule has 2 aliphatic carbocycles. The molecule has 0 spiro atoms. The summed E-state index contributed by atoms with van der Waals surface area (Å²) >= 11 is 0. The molecular formula is C15H24N4O. The third-order valence-corrected chi connectivity index (χ3v) is 4.70. The number of hydrogen-bond donors (Lipinski definition) is 1. The summed E-state index contributed by atoms with van der Waals surface area (Å²) in [4.78, 5) is 7.12. The van der Waals surface area contributed by atoms with Gasteiger partial charge in [0.05, 0.1) is 6.54 Å². The standard InChI is InChI=1S/C15H24N4O/c1-2-8-16-12(3-1)9-19(13-6-7-13)10-14-17-15(18-20-14)11-4-5-11/h11-13,16H,1-10H2. The van der Waals surface area contributed by atoms with Gasteiger partial charge in [0, 0.05) is 24.5 Å². The molecule has 0 radical (unpaired) electrons. The minimum absolute atomic E-state index is 0.585. The molecule has 3 aliphatic rings. The first-order valence-electron chi connectivity index (χ1n) is 8.18. The number of hydrogen-bond acceptors (Lipinski definition) is 5. The van der Waals surface area contributed by atoms with Crippen LogP contribution in [-0.4, -0.2) is 40.2 Å². The molecule has 4 rings (SSSR count). The Balaban J connectivity index is 1.37. The summed E-state index contributed by atoms with van der Waals surface area (Å²) in [6, 6.07) is 1.39. The molecule has 1 aromatic heterocycles. The van der Waals surface area contributed by atoms with E-state index in [1.807, 2.05) is 0 Å². The summed E-state index contributed by atoms with van der Waals surface area (Å²) in [6.07, 6.45) is 9.12. The quantitative estimate of drug-likeness (QED) is 0.862. The maximum absolute atomic E-state index is 5.44. The fraction of sp³-hybridized carbons (Fsp3) is 0.867. The summed E-state index contributed by atoms with van der Waals surface area (Å²) < 4.78 is 5.44. The molecule has 1 aliphatic heterocycles. The van der Waals surface area contributed by atoms with Gasteiger partial charge in [0.15, 0.2) is 5.82 Å². The second-order valence-corrected chi connectivity index (χ2v) is 6.63. The van der Waals surface area contributed by atoms with Crippen LogP contribution in [-0.2, 0) is 6.54 Å². The second-order valence-electron chi connectivity index (χ2n) is 6.63. The Labute approximate surface area is 120 Å². The van der Waals surface area contributed by atoms with Crippen LogP contribution < -0.4 is 5.32 Å².